The average molecular weight is 299 g/mol. The van der Waals surface area contributed by atoms with Gasteiger partial charge in [0.1, 0.15) is 5.69 Å². The molecule has 116 valence electrons. The Morgan fingerprint density at radius 1 is 1.38 bits per heavy atom. The predicted molar refractivity (Wildman–Crippen MR) is 72.4 cm³/mol. The van der Waals surface area contributed by atoms with Crippen LogP contribution in [0.3, 0.4) is 0 Å². The second-order valence-electron chi connectivity index (χ2n) is 6.13. The second-order valence-corrected chi connectivity index (χ2v) is 6.13. The van der Waals surface area contributed by atoms with Crippen LogP contribution in [0.1, 0.15) is 42.6 Å². The molecule has 0 spiro atoms. The summed E-state index contributed by atoms with van der Waals surface area (Å²) in [5.74, 6) is -0.183. The Balaban J connectivity index is 1.76. The van der Waals surface area contributed by atoms with Crippen molar-refractivity contribution >= 4 is 5.91 Å². The number of nitrogens with one attached hydrogen (secondary N) is 1. The number of carbonyl (C=O) groups is 1. The van der Waals surface area contributed by atoms with Gasteiger partial charge in [-0.05, 0) is 31.6 Å². The van der Waals surface area contributed by atoms with Crippen molar-refractivity contribution in [2.45, 2.75) is 50.6 Å². The number of rotatable bonds is 3. The molecule has 0 radical (unpaired) electrons. The van der Waals surface area contributed by atoms with Gasteiger partial charge in [-0.3, -0.25) is 19.4 Å². The van der Waals surface area contributed by atoms with Gasteiger partial charge >= 0.3 is 0 Å². The quantitative estimate of drug-likeness (QED) is 0.924. The number of hydrogen-bond donors (Lipinski definition) is 1. The first-order valence-electron chi connectivity index (χ1n) is 7.32. The van der Waals surface area contributed by atoms with Gasteiger partial charge in [-0.1, -0.05) is 0 Å². The molecule has 1 aromatic heterocycles. The van der Waals surface area contributed by atoms with Gasteiger partial charge in [0.2, 0.25) is 6.43 Å². The zero-order valence-electron chi connectivity index (χ0n) is 11.9. The lowest BCUT2D eigenvalue weighted by molar-refractivity contribution is 0.0404. The van der Waals surface area contributed by atoms with Gasteiger partial charge in [0, 0.05) is 31.6 Å². The number of aryl methyl sites for hydroxylation is 1. The highest BCUT2D eigenvalue weighted by atomic mass is 19.3. The van der Waals surface area contributed by atoms with Crippen LogP contribution < -0.4 is 5.56 Å². The Morgan fingerprint density at radius 3 is 2.48 bits per heavy atom. The fraction of sp³-hybridized carbons (Fsp3) is 0.714. The van der Waals surface area contributed by atoms with E-state index in [4.69, 9.17) is 0 Å². The van der Waals surface area contributed by atoms with Gasteiger partial charge in [-0.25, -0.2) is 8.78 Å². The van der Waals surface area contributed by atoms with Crippen molar-refractivity contribution < 1.29 is 13.6 Å². The minimum absolute atomic E-state index is 0.00127. The minimum Gasteiger partial charge on any atom is -0.331 e. The number of nitrogens with zero attached hydrogens (tertiary/aromatic N) is 2. The molecule has 2 atom stereocenters. The largest absolute Gasteiger partial charge is 0.331 e. The average Bonchev–Trinajstić information content (AvgIpc) is 2.87. The van der Waals surface area contributed by atoms with Gasteiger partial charge in [0.25, 0.3) is 11.5 Å². The number of aromatic amines is 1. The van der Waals surface area contributed by atoms with Crippen LogP contribution in [0, 0.1) is 5.92 Å². The first-order chi connectivity index (χ1) is 9.95. The number of halogens is 2. The van der Waals surface area contributed by atoms with E-state index in [1.165, 1.54) is 10.7 Å². The summed E-state index contributed by atoms with van der Waals surface area (Å²) in [4.78, 5) is 25.8. The third-order valence-electron chi connectivity index (χ3n) is 4.69. The maximum absolute atomic E-state index is 12.5. The Labute approximate surface area is 120 Å². The maximum atomic E-state index is 12.5. The maximum Gasteiger partial charge on any atom is 0.272 e. The van der Waals surface area contributed by atoms with E-state index >= 15 is 0 Å². The highest BCUT2D eigenvalue weighted by Crippen LogP contribution is 2.41. The topological polar surface area (TPSA) is 58.1 Å². The van der Waals surface area contributed by atoms with Crippen LogP contribution in [0.4, 0.5) is 8.78 Å². The summed E-state index contributed by atoms with van der Waals surface area (Å²) in [5.41, 5.74) is 0.0324. The molecule has 3 rings (SSSR count). The molecule has 0 aromatic carbocycles. The molecule has 0 aliphatic carbocycles. The zero-order chi connectivity index (χ0) is 15.1. The summed E-state index contributed by atoms with van der Waals surface area (Å²) in [7, 11) is 1.56. The fourth-order valence-corrected chi connectivity index (χ4v) is 3.80. The normalized spacial score (nSPS) is 28.4. The molecule has 2 fully saturated rings. The molecule has 5 nitrogen and oxygen atoms in total. The van der Waals surface area contributed by atoms with Crippen LogP contribution in [0.25, 0.3) is 0 Å². The van der Waals surface area contributed by atoms with E-state index in [0.717, 1.165) is 12.8 Å². The summed E-state index contributed by atoms with van der Waals surface area (Å²) in [6, 6.07) is 1.36. The molecule has 3 heterocycles. The van der Waals surface area contributed by atoms with Gasteiger partial charge < -0.3 is 4.90 Å². The van der Waals surface area contributed by atoms with Gasteiger partial charge in [0.05, 0.1) is 0 Å². The molecule has 1 amide bonds. The van der Waals surface area contributed by atoms with E-state index < -0.39 is 6.43 Å². The molecule has 1 aromatic rings. The predicted octanol–water partition coefficient (Wildman–Crippen LogP) is 1.75. The molecule has 21 heavy (non-hydrogen) atoms. The van der Waals surface area contributed by atoms with E-state index in [2.05, 4.69) is 5.10 Å². The summed E-state index contributed by atoms with van der Waals surface area (Å²) in [6.07, 6.45) is 0.674. The van der Waals surface area contributed by atoms with Crippen molar-refractivity contribution in [2.24, 2.45) is 13.0 Å². The highest BCUT2D eigenvalue weighted by Gasteiger charge is 2.44. The number of aromatic nitrogens is 2. The van der Waals surface area contributed by atoms with E-state index in [-0.39, 0.29) is 41.6 Å². The number of fused-ring (bicyclic) bond motifs is 2. The third kappa shape index (κ3) is 2.61. The summed E-state index contributed by atoms with van der Waals surface area (Å²) >= 11 is 0. The molecule has 2 unspecified atom stereocenters. The fourth-order valence-electron chi connectivity index (χ4n) is 3.80. The van der Waals surface area contributed by atoms with Crippen LogP contribution in [-0.4, -0.2) is 39.1 Å². The molecule has 2 aliphatic rings. The van der Waals surface area contributed by atoms with E-state index in [9.17, 15) is 18.4 Å². The standard InChI is InChI=1S/C14H19F2N3O2/c1-18-13(20)7-11(17-18)14(21)19-9-2-3-10(19)5-8(4-9)6-12(15)16/h7-10,12,17H,2-6H2,1H3. The van der Waals surface area contributed by atoms with Crippen LogP contribution in [0.5, 0.6) is 0 Å². The Morgan fingerprint density at radius 2 is 2.00 bits per heavy atom. The van der Waals surface area contributed by atoms with Crippen molar-refractivity contribution in [3.63, 3.8) is 0 Å². The lowest BCUT2D eigenvalue weighted by Crippen LogP contribution is -2.47. The van der Waals surface area contributed by atoms with Gasteiger partial charge in [-0.15, -0.1) is 0 Å². The smallest absolute Gasteiger partial charge is 0.272 e. The molecule has 2 saturated heterocycles. The Kier molecular flexibility index (Phi) is 3.59. The van der Waals surface area contributed by atoms with Gasteiger partial charge in [0.15, 0.2) is 0 Å². The van der Waals surface area contributed by atoms with Crippen LogP contribution in [0.15, 0.2) is 10.9 Å². The Bertz CT molecular complexity index is 581. The van der Waals surface area contributed by atoms with Crippen LogP contribution in [-0.2, 0) is 7.05 Å². The first-order valence-corrected chi connectivity index (χ1v) is 7.32. The molecule has 2 bridgehead atoms. The number of carbonyl (C=O) groups excluding carboxylic acids is 1. The van der Waals surface area contributed by atoms with E-state index in [0.29, 0.717) is 12.8 Å². The molecule has 0 saturated carbocycles. The van der Waals surface area contributed by atoms with Crippen molar-refractivity contribution in [1.82, 2.24) is 14.7 Å². The third-order valence-corrected chi connectivity index (χ3v) is 4.69. The van der Waals surface area contributed by atoms with Crippen molar-refractivity contribution in [1.29, 1.82) is 0 Å². The number of hydrogen-bond acceptors (Lipinski definition) is 2. The number of alkyl halides is 2. The van der Waals surface area contributed by atoms with Gasteiger partial charge in [-0.2, -0.15) is 0 Å². The van der Waals surface area contributed by atoms with Crippen LogP contribution >= 0.6 is 0 Å². The summed E-state index contributed by atoms with van der Waals surface area (Å²) in [5, 5.41) is 2.75. The molecular formula is C14H19F2N3O2. The monoisotopic (exact) mass is 299 g/mol. The Hall–Kier alpha value is -1.66. The minimum atomic E-state index is -2.28. The van der Waals surface area contributed by atoms with E-state index in [1.54, 1.807) is 11.9 Å². The van der Waals surface area contributed by atoms with Crippen molar-refractivity contribution in [2.75, 3.05) is 0 Å². The highest BCUT2D eigenvalue weighted by molar-refractivity contribution is 5.93. The lowest BCUT2D eigenvalue weighted by Gasteiger charge is -2.38. The first kappa shape index (κ1) is 14.3. The van der Waals surface area contributed by atoms with Crippen molar-refractivity contribution in [3.8, 4) is 0 Å². The molecular weight excluding hydrogens is 280 g/mol. The number of piperidine rings is 1. The summed E-state index contributed by atoms with van der Waals surface area (Å²) < 4.78 is 26.3. The molecule has 2 aliphatic heterocycles. The molecule has 1 N–H and O–H groups in total. The number of amides is 1. The zero-order valence-corrected chi connectivity index (χ0v) is 11.9. The second kappa shape index (κ2) is 5.27. The van der Waals surface area contributed by atoms with Crippen molar-refractivity contribution in [3.05, 3.63) is 22.1 Å². The SMILES string of the molecule is Cn1[nH]c(C(=O)N2C3CCC2CC(CC(F)F)C3)cc1=O. The summed E-state index contributed by atoms with van der Waals surface area (Å²) in [6.45, 7) is 0. The molecule has 7 heteroatoms. The lowest BCUT2D eigenvalue weighted by atomic mass is 9.88. The van der Waals surface area contributed by atoms with E-state index in [1.807, 2.05) is 0 Å². The van der Waals surface area contributed by atoms with Crippen LogP contribution in [0.2, 0.25) is 0 Å². The number of H-pyrrole nitrogens is 1.